The van der Waals surface area contributed by atoms with Gasteiger partial charge in [-0.25, -0.2) is 4.39 Å². The molecule has 1 aromatic heterocycles. The van der Waals surface area contributed by atoms with E-state index in [0.717, 1.165) is 11.3 Å². The number of nitrogens with zero attached hydrogens (tertiary/aromatic N) is 2. The number of benzene rings is 1. The Kier molecular flexibility index (Phi) is 4.00. The van der Waals surface area contributed by atoms with Crippen molar-refractivity contribution >= 4 is 11.9 Å². The van der Waals surface area contributed by atoms with Gasteiger partial charge in [0.05, 0.1) is 4.90 Å². The average Bonchev–Trinajstić information content (AvgIpc) is 2.79. The first-order valence-electron chi connectivity index (χ1n) is 6.97. The summed E-state index contributed by atoms with van der Waals surface area (Å²) >= 11 is 1.36. The first-order valence-corrected chi connectivity index (χ1v) is 7.79. The van der Waals surface area contributed by atoms with Crippen molar-refractivity contribution < 1.29 is 4.39 Å². The van der Waals surface area contributed by atoms with Crippen molar-refractivity contribution in [2.45, 2.75) is 30.2 Å². The quantitative estimate of drug-likeness (QED) is 0.872. The fourth-order valence-electron chi connectivity index (χ4n) is 2.33. The Morgan fingerprint density at radius 3 is 2.71 bits per heavy atom. The van der Waals surface area contributed by atoms with Crippen LogP contribution in [0.2, 0.25) is 0 Å². The molecule has 108 valence electrons. The first kappa shape index (κ1) is 14.2. The van der Waals surface area contributed by atoms with Crippen molar-refractivity contribution in [2.24, 2.45) is 7.05 Å². The Bertz CT molecular complexity index is 698. The molecule has 1 aromatic carbocycles. The van der Waals surface area contributed by atoms with Gasteiger partial charge in [-0.1, -0.05) is 12.5 Å². The molecule has 1 heterocycles. The van der Waals surface area contributed by atoms with Crippen molar-refractivity contribution in [1.82, 2.24) is 9.29 Å². The number of hydrogen-bond donors (Lipinski definition) is 1. The summed E-state index contributed by atoms with van der Waals surface area (Å²) in [5.41, 5.74) is 2.19. The van der Waals surface area contributed by atoms with E-state index in [1.165, 1.54) is 37.3 Å². The Labute approximate surface area is 127 Å². The normalized spacial score (nSPS) is 14.7. The molecule has 3 rings (SSSR count). The molecule has 5 heteroatoms. The predicted molar refractivity (Wildman–Crippen MR) is 82.2 cm³/mol. The lowest BCUT2D eigenvalue weighted by molar-refractivity contribution is 0.395. The summed E-state index contributed by atoms with van der Waals surface area (Å²) < 4.78 is 19.3. The van der Waals surface area contributed by atoms with Gasteiger partial charge in [-0.3, -0.25) is 4.72 Å². The average molecular weight is 301 g/mol. The van der Waals surface area contributed by atoms with Crippen LogP contribution in [0.4, 0.5) is 4.39 Å². The minimum atomic E-state index is -0.232. The smallest absolute Gasteiger partial charge is 0.138 e. The van der Waals surface area contributed by atoms with E-state index in [2.05, 4.69) is 10.8 Å². The molecule has 0 spiro atoms. The van der Waals surface area contributed by atoms with Gasteiger partial charge < -0.3 is 4.57 Å². The summed E-state index contributed by atoms with van der Waals surface area (Å²) in [5, 5.41) is 8.97. The number of halogens is 1. The molecule has 0 aliphatic heterocycles. The van der Waals surface area contributed by atoms with E-state index in [1.807, 2.05) is 19.2 Å². The van der Waals surface area contributed by atoms with Gasteiger partial charge in [0, 0.05) is 24.3 Å². The zero-order valence-corrected chi connectivity index (χ0v) is 12.6. The molecule has 2 aromatic rings. The highest BCUT2D eigenvalue weighted by Crippen LogP contribution is 2.29. The Hall–Kier alpha value is -1.77. The summed E-state index contributed by atoms with van der Waals surface area (Å²) in [5.74, 6) is -0.232. The first-order chi connectivity index (χ1) is 10.2. The summed E-state index contributed by atoms with van der Waals surface area (Å²) in [4.78, 5) is 0.611. The van der Waals surface area contributed by atoms with Gasteiger partial charge in [0.1, 0.15) is 17.6 Å². The molecule has 1 N–H and O–H groups in total. The predicted octanol–water partition coefficient (Wildman–Crippen LogP) is 3.85. The molecule has 1 aliphatic carbocycles. The van der Waals surface area contributed by atoms with Gasteiger partial charge in [0.2, 0.25) is 0 Å². The monoisotopic (exact) mass is 301 g/mol. The van der Waals surface area contributed by atoms with Crippen LogP contribution in [0, 0.1) is 17.1 Å². The van der Waals surface area contributed by atoms with Gasteiger partial charge in [0.25, 0.3) is 0 Å². The zero-order chi connectivity index (χ0) is 14.8. The van der Waals surface area contributed by atoms with Crippen LogP contribution in [0.3, 0.4) is 0 Å². The standard InChI is InChI=1S/C16H16FN3S/c1-20-13(10-18)6-7-15(20)11-5-8-16(14(17)9-11)21-19-12-3-2-4-12/h5-9,12,19H,2-4H2,1H3. The highest BCUT2D eigenvalue weighted by Gasteiger charge is 2.18. The molecular weight excluding hydrogens is 285 g/mol. The lowest BCUT2D eigenvalue weighted by Gasteiger charge is -2.25. The lowest BCUT2D eigenvalue weighted by Crippen LogP contribution is -2.30. The number of nitriles is 1. The minimum Gasteiger partial charge on any atom is -0.335 e. The molecule has 0 amide bonds. The minimum absolute atomic E-state index is 0.232. The fraction of sp³-hybridized carbons (Fsp3) is 0.312. The third-order valence-electron chi connectivity index (χ3n) is 3.90. The van der Waals surface area contributed by atoms with Crippen LogP contribution in [0.25, 0.3) is 11.3 Å². The third kappa shape index (κ3) is 2.82. The van der Waals surface area contributed by atoms with Crippen molar-refractivity contribution in [3.63, 3.8) is 0 Å². The van der Waals surface area contributed by atoms with E-state index in [1.54, 1.807) is 16.7 Å². The maximum Gasteiger partial charge on any atom is 0.138 e. The summed E-state index contributed by atoms with van der Waals surface area (Å²) in [7, 11) is 1.81. The number of aromatic nitrogens is 1. The molecular formula is C16H16FN3S. The largest absolute Gasteiger partial charge is 0.335 e. The Balaban J connectivity index is 1.79. The second-order valence-electron chi connectivity index (χ2n) is 5.27. The van der Waals surface area contributed by atoms with Crippen LogP contribution >= 0.6 is 11.9 Å². The van der Waals surface area contributed by atoms with Crippen LogP contribution in [-0.4, -0.2) is 10.6 Å². The second kappa shape index (κ2) is 5.92. The number of rotatable bonds is 4. The van der Waals surface area contributed by atoms with Gasteiger partial charge >= 0.3 is 0 Å². The van der Waals surface area contributed by atoms with E-state index in [4.69, 9.17) is 5.26 Å². The maximum atomic E-state index is 14.2. The van der Waals surface area contributed by atoms with Crippen molar-refractivity contribution in [3.05, 3.63) is 41.8 Å². The maximum absolute atomic E-state index is 14.2. The van der Waals surface area contributed by atoms with Crippen molar-refractivity contribution in [2.75, 3.05) is 0 Å². The van der Waals surface area contributed by atoms with Gasteiger partial charge in [-0.2, -0.15) is 5.26 Å². The van der Waals surface area contributed by atoms with Crippen LogP contribution in [0.15, 0.2) is 35.2 Å². The molecule has 0 saturated heterocycles. The molecule has 1 aliphatic rings. The highest BCUT2D eigenvalue weighted by atomic mass is 32.2. The molecule has 0 atom stereocenters. The van der Waals surface area contributed by atoms with Crippen LogP contribution in [0.1, 0.15) is 25.0 Å². The SMILES string of the molecule is Cn1c(C#N)ccc1-c1ccc(SNC2CCC2)c(F)c1. The van der Waals surface area contributed by atoms with E-state index >= 15 is 0 Å². The highest BCUT2D eigenvalue weighted by molar-refractivity contribution is 7.97. The number of hydrogen-bond acceptors (Lipinski definition) is 3. The fourth-order valence-corrected chi connectivity index (χ4v) is 3.15. The molecule has 21 heavy (non-hydrogen) atoms. The summed E-state index contributed by atoms with van der Waals surface area (Å²) in [6.45, 7) is 0. The molecule has 3 nitrogen and oxygen atoms in total. The second-order valence-corrected chi connectivity index (χ2v) is 6.15. The Morgan fingerprint density at radius 1 is 1.33 bits per heavy atom. The van der Waals surface area contributed by atoms with Crippen LogP contribution in [0.5, 0.6) is 0 Å². The zero-order valence-electron chi connectivity index (χ0n) is 11.8. The van der Waals surface area contributed by atoms with Gasteiger partial charge in [-0.15, -0.1) is 0 Å². The van der Waals surface area contributed by atoms with Gasteiger partial charge in [0.15, 0.2) is 0 Å². The van der Waals surface area contributed by atoms with Crippen molar-refractivity contribution in [3.8, 4) is 17.3 Å². The molecule has 0 bridgehead atoms. The lowest BCUT2D eigenvalue weighted by atomic mass is 9.94. The van der Waals surface area contributed by atoms with E-state index in [0.29, 0.717) is 16.6 Å². The van der Waals surface area contributed by atoms with E-state index < -0.39 is 0 Å². The molecule has 0 radical (unpaired) electrons. The van der Waals surface area contributed by atoms with Crippen molar-refractivity contribution in [1.29, 1.82) is 5.26 Å². The molecule has 1 fully saturated rings. The topological polar surface area (TPSA) is 40.8 Å². The molecule has 1 saturated carbocycles. The number of nitrogens with one attached hydrogen (secondary N) is 1. The molecule has 0 unspecified atom stereocenters. The Morgan fingerprint density at radius 2 is 2.14 bits per heavy atom. The third-order valence-corrected chi connectivity index (χ3v) is 4.91. The summed E-state index contributed by atoms with van der Waals surface area (Å²) in [6, 6.07) is 11.4. The van der Waals surface area contributed by atoms with E-state index in [9.17, 15) is 4.39 Å². The summed E-state index contributed by atoms with van der Waals surface area (Å²) in [6.07, 6.45) is 3.61. The van der Waals surface area contributed by atoms with E-state index in [-0.39, 0.29) is 5.82 Å². The van der Waals surface area contributed by atoms with Gasteiger partial charge in [-0.05, 0) is 49.1 Å². The van der Waals surface area contributed by atoms with Crippen LogP contribution < -0.4 is 4.72 Å². The van der Waals surface area contributed by atoms with Crippen LogP contribution in [-0.2, 0) is 7.05 Å².